The highest BCUT2D eigenvalue weighted by molar-refractivity contribution is 7.93. The van der Waals surface area contributed by atoms with Gasteiger partial charge < -0.3 is 10.4 Å². The van der Waals surface area contributed by atoms with E-state index in [2.05, 4.69) is 9.68 Å². The SMILES string of the molecule is CC(C)(O)c1csc([S@](N)(=O)=NC(=O)Nc2c3c(nc4c2CCC4)CCC3)c1. The van der Waals surface area contributed by atoms with Crippen molar-refractivity contribution in [3.05, 3.63) is 39.5 Å². The molecule has 2 amide bonds. The van der Waals surface area contributed by atoms with Gasteiger partial charge in [0.15, 0.2) is 9.92 Å². The molecular formula is C19H24N4O3S2. The van der Waals surface area contributed by atoms with E-state index in [1.165, 1.54) is 0 Å². The number of anilines is 1. The van der Waals surface area contributed by atoms with E-state index in [4.69, 9.17) is 10.1 Å². The molecule has 0 radical (unpaired) electrons. The third-order valence-corrected chi connectivity index (χ3v) is 8.13. The fourth-order valence-corrected chi connectivity index (χ4v) is 6.11. The first-order valence-electron chi connectivity index (χ1n) is 9.36. The molecule has 0 bridgehead atoms. The van der Waals surface area contributed by atoms with Gasteiger partial charge in [-0.05, 0) is 80.5 Å². The summed E-state index contributed by atoms with van der Waals surface area (Å²) in [5.74, 6) is 0. The average molecular weight is 421 g/mol. The summed E-state index contributed by atoms with van der Waals surface area (Å²) in [5, 5.41) is 20.5. The van der Waals surface area contributed by atoms with E-state index in [1.54, 1.807) is 25.3 Å². The van der Waals surface area contributed by atoms with E-state index in [0.717, 1.165) is 78.1 Å². The first-order chi connectivity index (χ1) is 13.1. The molecular weight excluding hydrogens is 396 g/mol. The van der Waals surface area contributed by atoms with Crippen molar-refractivity contribution < 1.29 is 14.1 Å². The molecule has 2 aliphatic carbocycles. The summed E-state index contributed by atoms with van der Waals surface area (Å²) >= 11 is 1.13. The van der Waals surface area contributed by atoms with Gasteiger partial charge in [-0.15, -0.1) is 15.7 Å². The monoisotopic (exact) mass is 420 g/mol. The number of hydrogen-bond donors (Lipinski definition) is 3. The predicted octanol–water partition coefficient (Wildman–Crippen LogP) is 3.28. The van der Waals surface area contributed by atoms with Gasteiger partial charge in [-0.2, -0.15) is 0 Å². The molecule has 2 aromatic rings. The quantitative estimate of drug-likeness (QED) is 0.706. The van der Waals surface area contributed by atoms with Gasteiger partial charge >= 0.3 is 6.03 Å². The molecule has 0 fully saturated rings. The number of nitrogens with zero attached hydrogens (tertiary/aromatic N) is 2. The van der Waals surface area contributed by atoms with Crippen LogP contribution < -0.4 is 10.5 Å². The molecule has 28 heavy (non-hydrogen) atoms. The second-order valence-corrected chi connectivity index (χ2v) is 10.8. The van der Waals surface area contributed by atoms with Crippen molar-refractivity contribution in [3.63, 3.8) is 0 Å². The largest absolute Gasteiger partial charge is 0.386 e. The first-order valence-corrected chi connectivity index (χ1v) is 11.8. The molecule has 2 aromatic heterocycles. The minimum absolute atomic E-state index is 0.268. The summed E-state index contributed by atoms with van der Waals surface area (Å²) in [6.45, 7) is 3.26. The van der Waals surface area contributed by atoms with Crippen molar-refractivity contribution in [2.24, 2.45) is 9.50 Å². The highest BCUT2D eigenvalue weighted by atomic mass is 32.2. The highest BCUT2D eigenvalue weighted by Crippen LogP contribution is 2.36. The van der Waals surface area contributed by atoms with Gasteiger partial charge in [0.1, 0.15) is 4.21 Å². The van der Waals surface area contributed by atoms with Gasteiger partial charge in [-0.3, -0.25) is 4.98 Å². The van der Waals surface area contributed by atoms with Crippen LogP contribution in [-0.4, -0.2) is 20.3 Å². The number of aliphatic hydroxyl groups is 1. The van der Waals surface area contributed by atoms with Crippen molar-refractivity contribution in [1.82, 2.24) is 4.98 Å². The maximum absolute atomic E-state index is 12.9. The van der Waals surface area contributed by atoms with E-state index in [9.17, 15) is 14.1 Å². The summed E-state index contributed by atoms with van der Waals surface area (Å²) < 4.78 is 16.9. The maximum atomic E-state index is 12.9. The zero-order valence-electron chi connectivity index (χ0n) is 15.9. The Labute approximate surface area is 168 Å². The Morgan fingerprint density at radius 3 is 2.39 bits per heavy atom. The molecule has 2 aliphatic rings. The smallest absolute Gasteiger partial charge is 0.354 e. The average Bonchev–Trinajstić information content (AvgIpc) is 3.33. The molecule has 0 spiro atoms. The maximum Gasteiger partial charge on any atom is 0.354 e. The van der Waals surface area contributed by atoms with E-state index >= 15 is 0 Å². The molecule has 0 aliphatic heterocycles. The van der Waals surface area contributed by atoms with Gasteiger partial charge in [0, 0.05) is 11.4 Å². The number of thiophene rings is 1. The number of pyridine rings is 1. The van der Waals surface area contributed by atoms with Crippen LogP contribution in [0.1, 0.15) is 54.8 Å². The number of rotatable bonds is 3. The molecule has 0 saturated heterocycles. The van der Waals surface area contributed by atoms with Gasteiger partial charge in [-0.1, -0.05) is 0 Å². The van der Waals surface area contributed by atoms with E-state index in [0.29, 0.717) is 5.56 Å². The standard InChI is InChI=1S/C19H24N4O3S2/c1-19(2,25)11-9-16(27-10-11)28(20,26)23-18(24)22-17-12-5-3-7-14(12)21-15-8-4-6-13(15)17/h9-10,25H,3-8H2,1-2H3,(H3,20,21,22,23,24,26)/t28-/m1/s1. The zero-order chi connectivity index (χ0) is 20.1. The first kappa shape index (κ1) is 19.5. The number of amides is 2. The lowest BCUT2D eigenvalue weighted by atomic mass is 10.0. The van der Waals surface area contributed by atoms with Gasteiger partial charge in [0.25, 0.3) is 0 Å². The molecule has 0 aromatic carbocycles. The van der Waals surface area contributed by atoms with Crippen molar-refractivity contribution in [2.75, 3.05) is 5.32 Å². The van der Waals surface area contributed by atoms with Crippen LogP contribution in [-0.2, 0) is 41.2 Å². The molecule has 1 atom stereocenters. The fourth-order valence-electron chi connectivity index (χ4n) is 3.83. The molecule has 4 rings (SSSR count). The Hall–Kier alpha value is -1.81. The summed E-state index contributed by atoms with van der Waals surface area (Å²) in [6.07, 6.45) is 5.64. The van der Waals surface area contributed by atoms with E-state index in [-0.39, 0.29) is 4.21 Å². The second-order valence-electron chi connectivity index (χ2n) is 7.85. The van der Waals surface area contributed by atoms with Gasteiger partial charge in [0.2, 0.25) is 0 Å². The van der Waals surface area contributed by atoms with Gasteiger partial charge in [-0.25, -0.2) is 14.1 Å². The fraction of sp³-hybridized carbons (Fsp3) is 0.474. The van der Waals surface area contributed by atoms with Crippen molar-refractivity contribution in [1.29, 1.82) is 0 Å². The van der Waals surface area contributed by atoms with Crippen LogP contribution in [0.15, 0.2) is 20.0 Å². The number of hydrogen-bond acceptors (Lipinski definition) is 5. The number of carbonyl (C=O) groups is 1. The summed E-state index contributed by atoms with van der Waals surface area (Å²) in [5.41, 5.74) is 4.56. The number of aromatic nitrogens is 1. The Balaban J connectivity index is 1.65. The molecule has 9 heteroatoms. The van der Waals surface area contributed by atoms with Crippen molar-refractivity contribution >= 4 is 33.0 Å². The van der Waals surface area contributed by atoms with Crippen molar-refractivity contribution in [2.45, 2.75) is 62.2 Å². The number of fused-ring (bicyclic) bond motifs is 2. The Bertz CT molecular complexity index is 1040. The van der Waals surface area contributed by atoms with Crippen LogP contribution >= 0.6 is 11.3 Å². The molecule has 0 saturated carbocycles. The number of carbonyl (C=O) groups excluding carboxylic acids is 1. The molecule has 4 N–H and O–H groups in total. The topological polar surface area (TPSA) is 118 Å². The molecule has 0 unspecified atom stereocenters. The lowest BCUT2D eigenvalue weighted by Gasteiger charge is -2.14. The predicted molar refractivity (Wildman–Crippen MR) is 110 cm³/mol. The Morgan fingerprint density at radius 2 is 1.86 bits per heavy atom. The van der Waals surface area contributed by atoms with Crippen LogP contribution in [0.5, 0.6) is 0 Å². The Morgan fingerprint density at radius 1 is 1.25 bits per heavy atom. The molecule has 7 nitrogen and oxygen atoms in total. The Kier molecular flexibility index (Phi) is 4.81. The molecule has 2 heterocycles. The summed E-state index contributed by atoms with van der Waals surface area (Å²) in [7, 11) is -3.39. The van der Waals surface area contributed by atoms with Crippen LogP contribution in [0.3, 0.4) is 0 Å². The third kappa shape index (κ3) is 3.59. The number of nitrogens with one attached hydrogen (secondary N) is 1. The highest BCUT2D eigenvalue weighted by Gasteiger charge is 2.27. The number of nitrogens with two attached hydrogens (primary N) is 1. The number of urea groups is 1. The van der Waals surface area contributed by atoms with Crippen molar-refractivity contribution in [3.8, 4) is 0 Å². The van der Waals surface area contributed by atoms with Crippen LogP contribution in [0.25, 0.3) is 0 Å². The minimum Gasteiger partial charge on any atom is -0.386 e. The zero-order valence-corrected chi connectivity index (χ0v) is 17.6. The normalized spacial score (nSPS) is 17.7. The second kappa shape index (κ2) is 6.91. The lowest BCUT2D eigenvalue weighted by molar-refractivity contribution is 0.0789. The summed E-state index contributed by atoms with van der Waals surface area (Å²) in [6, 6.07) is 0.839. The van der Waals surface area contributed by atoms with Gasteiger partial charge in [0.05, 0.1) is 11.3 Å². The van der Waals surface area contributed by atoms with Crippen LogP contribution in [0, 0.1) is 0 Å². The molecule has 150 valence electrons. The third-order valence-electron chi connectivity index (χ3n) is 5.27. The number of aryl methyl sites for hydroxylation is 2. The summed E-state index contributed by atoms with van der Waals surface area (Å²) in [4.78, 5) is 17.4. The van der Waals surface area contributed by atoms with E-state index in [1.807, 2.05) is 0 Å². The van der Waals surface area contributed by atoms with Crippen LogP contribution in [0.2, 0.25) is 0 Å². The van der Waals surface area contributed by atoms with E-state index < -0.39 is 21.5 Å². The lowest BCUT2D eigenvalue weighted by Crippen LogP contribution is -2.19. The minimum atomic E-state index is -3.39. The van der Waals surface area contributed by atoms with Crippen LogP contribution in [0.4, 0.5) is 10.5 Å².